The monoisotopic (exact) mass is 304 g/mol. The molecule has 21 heavy (non-hydrogen) atoms. The summed E-state index contributed by atoms with van der Waals surface area (Å²) in [6.45, 7) is 4.77. The lowest BCUT2D eigenvalue weighted by Gasteiger charge is -2.34. The van der Waals surface area contributed by atoms with E-state index >= 15 is 0 Å². The van der Waals surface area contributed by atoms with E-state index in [2.05, 4.69) is 19.9 Å². The van der Waals surface area contributed by atoms with E-state index in [4.69, 9.17) is 5.73 Å². The third kappa shape index (κ3) is 2.80. The van der Waals surface area contributed by atoms with Gasteiger partial charge in [0.25, 0.3) is 5.91 Å². The average Bonchev–Trinajstić information content (AvgIpc) is 2.94. The Hall–Kier alpha value is -2.22. The molecule has 2 N–H and O–H groups in total. The van der Waals surface area contributed by atoms with E-state index in [0.29, 0.717) is 13.1 Å². The van der Waals surface area contributed by atoms with Crippen molar-refractivity contribution in [1.82, 2.24) is 19.9 Å². The third-order valence-corrected chi connectivity index (χ3v) is 4.39. The number of hydrogen-bond acceptors (Lipinski definition) is 7. The third-order valence-electron chi connectivity index (χ3n) is 3.37. The van der Waals surface area contributed by atoms with Gasteiger partial charge >= 0.3 is 0 Å². The molecule has 2 aromatic rings. The predicted molar refractivity (Wildman–Crippen MR) is 81.4 cm³/mol. The van der Waals surface area contributed by atoms with E-state index in [-0.39, 0.29) is 17.4 Å². The minimum atomic E-state index is -0.157. The number of amides is 1. The first-order valence-electron chi connectivity index (χ1n) is 6.68. The Bertz CT molecular complexity index is 650. The molecule has 0 unspecified atom stereocenters. The quantitative estimate of drug-likeness (QED) is 0.882. The second-order valence-corrected chi connectivity index (χ2v) is 5.68. The highest BCUT2D eigenvalue weighted by atomic mass is 32.1. The van der Waals surface area contributed by atoms with Crippen molar-refractivity contribution in [1.29, 1.82) is 0 Å². The van der Waals surface area contributed by atoms with Crippen molar-refractivity contribution in [3.05, 3.63) is 29.2 Å². The number of aromatic nitrogens is 3. The van der Waals surface area contributed by atoms with Gasteiger partial charge in [0.15, 0.2) is 16.6 Å². The van der Waals surface area contributed by atoms with Gasteiger partial charge < -0.3 is 15.5 Å². The Kier molecular flexibility index (Phi) is 3.70. The van der Waals surface area contributed by atoms with E-state index in [0.717, 1.165) is 23.9 Å². The fourth-order valence-electron chi connectivity index (χ4n) is 2.25. The summed E-state index contributed by atoms with van der Waals surface area (Å²) in [6.07, 6.45) is 2.97. The van der Waals surface area contributed by atoms with Crippen LogP contribution in [0.2, 0.25) is 0 Å². The number of anilines is 2. The molecule has 3 rings (SSSR count). The van der Waals surface area contributed by atoms with E-state index in [9.17, 15) is 4.79 Å². The van der Waals surface area contributed by atoms with E-state index in [1.54, 1.807) is 16.2 Å². The number of thiazole rings is 1. The molecule has 1 aliphatic rings. The van der Waals surface area contributed by atoms with E-state index in [1.165, 1.54) is 12.4 Å². The van der Waals surface area contributed by atoms with Crippen LogP contribution in [0.1, 0.15) is 16.2 Å². The zero-order valence-electron chi connectivity index (χ0n) is 11.7. The van der Waals surface area contributed by atoms with Crippen LogP contribution >= 0.6 is 11.3 Å². The zero-order valence-corrected chi connectivity index (χ0v) is 12.5. The van der Waals surface area contributed by atoms with Gasteiger partial charge in [0.05, 0.1) is 5.69 Å². The first kappa shape index (κ1) is 13.7. The molecule has 0 bridgehead atoms. The Morgan fingerprint density at radius 1 is 1.24 bits per heavy atom. The average molecular weight is 304 g/mol. The molecule has 2 aromatic heterocycles. The second kappa shape index (κ2) is 5.65. The van der Waals surface area contributed by atoms with Gasteiger partial charge in [0, 0.05) is 44.0 Å². The maximum absolute atomic E-state index is 12.4. The molecule has 1 saturated heterocycles. The summed E-state index contributed by atoms with van der Waals surface area (Å²) in [6, 6.07) is 0. The van der Waals surface area contributed by atoms with Gasteiger partial charge in [-0.3, -0.25) is 4.79 Å². The molecule has 7 nitrogen and oxygen atoms in total. The Balaban J connectivity index is 1.66. The molecule has 0 spiro atoms. The molecule has 0 radical (unpaired) electrons. The summed E-state index contributed by atoms with van der Waals surface area (Å²) < 4.78 is 0. The van der Waals surface area contributed by atoms with Crippen molar-refractivity contribution in [3.63, 3.8) is 0 Å². The van der Waals surface area contributed by atoms with Crippen LogP contribution < -0.4 is 10.6 Å². The summed E-state index contributed by atoms with van der Waals surface area (Å²) in [7, 11) is 0. The number of hydrogen-bond donors (Lipinski definition) is 1. The standard InChI is InChI=1S/C13H16N6OS/c1-9-8-21-13(17-9)19-6-4-18(5-7-19)12(20)10-11(14)16-3-2-15-10/h2-3,8H,4-7H2,1H3,(H2,14,16). The molecule has 1 amide bonds. The topological polar surface area (TPSA) is 88.2 Å². The van der Waals surface area contributed by atoms with Crippen LogP contribution in [-0.2, 0) is 0 Å². The van der Waals surface area contributed by atoms with Gasteiger partial charge in [-0.25, -0.2) is 15.0 Å². The highest BCUT2D eigenvalue weighted by molar-refractivity contribution is 7.13. The molecule has 0 aromatic carbocycles. The molecule has 3 heterocycles. The SMILES string of the molecule is Cc1csc(N2CCN(C(=O)c3nccnc3N)CC2)n1. The molecule has 0 atom stereocenters. The van der Waals surface area contributed by atoms with Gasteiger partial charge in [-0.2, -0.15) is 0 Å². The van der Waals surface area contributed by atoms with Crippen LogP contribution in [0.5, 0.6) is 0 Å². The maximum atomic E-state index is 12.4. The lowest BCUT2D eigenvalue weighted by atomic mass is 10.3. The largest absolute Gasteiger partial charge is 0.382 e. The lowest BCUT2D eigenvalue weighted by Crippen LogP contribution is -2.49. The number of piperazine rings is 1. The Morgan fingerprint density at radius 3 is 2.57 bits per heavy atom. The van der Waals surface area contributed by atoms with Crippen molar-refractivity contribution >= 4 is 28.2 Å². The number of carbonyl (C=O) groups is 1. The van der Waals surface area contributed by atoms with Gasteiger partial charge in [-0.05, 0) is 6.92 Å². The molecule has 0 aliphatic carbocycles. The highest BCUT2D eigenvalue weighted by Gasteiger charge is 2.25. The van der Waals surface area contributed by atoms with E-state index < -0.39 is 0 Å². The number of nitrogens with zero attached hydrogens (tertiary/aromatic N) is 5. The fraction of sp³-hybridized carbons (Fsp3) is 0.385. The summed E-state index contributed by atoms with van der Waals surface area (Å²) in [5.74, 6) is 0.0241. The van der Waals surface area contributed by atoms with Crippen molar-refractivity contribution < 1.29 is 4.79 Å². The predicted octanol–water partition coefficient (Wildman–Crippen LogP) is 0.786. The summed E-state index contributed by atoms with van der Waals surface area (Å²) in [5.41, 5.74) is 6.97. The Labute approximate surface area is 126 Å². The number of nitrogens with two attached hydrogens (primary N) is 1. The first-order chi connectivity index (χ1) is 10.1. The van der Waals surface area contributed by atoms with Crippen LogP contribution in [-0.4, -0.2) is 51.9 Å². The van der Waals surface area contributed by atoms with Crippen molar-refractivity contribution in [3.8, 4) is 0 Å². The maximum Gasteiger partial charge on any atom is 0.276 e. The summed E-state index contributed by atoms with van der Waals surface area (Å²) in [5, 5.41) is 3.05. The molecule has 0 saturated carbocycles. The van der Waals surface area contributed by atoms with Gasteiger partial charge in [0.1, 0.15) is 0 Å². The first-order valence-corrected chi connectivity index (χ1v) is 7.56. The van der Waals surface area contributed by atoms with Crippen LogP contribution in [0.25, 0.3) is 0 Å². The van der Waals surface area contributed by atoms with Crippen molar-refractivity contribution in [2.45, 2.75) is 6.92 Å². The highest BCUT2D eigenvalue weighted by Crippen LogP contribution is 2.22. The Morgan fingerprint density at radius 2 is 1.95 bits per heavy atom. The van der Waals surface area contributed by atoms with Gasteiger partial charge in [-0.1, -0.05) is 0 Å². The second-order valence-electron chi connectivity index (χ2n) is 4.84. The molecule has 8 heteroatoms. The molecular weight excluding hydrogens is 288 g/mol. The molecule has 1 fully saturated rings. The van der Waals surface area contributed by atoms with Crippen molar-refractivity contribution in [2.75, 3.05) is 36.8 Å². The van der Waals surface area contributed by atoms with Crippen LogP contribution in [0, 0.1) is 6.92 Å². The number of rotatable bonds is 2. The van der Waals surface area contributed by atoms with Gasteiger partial charge in [0.2, 0.25) is 0 Å². The molecule has 1 aliphatic heterocycles. The normalized spacial score (nSPS) is 15.3. The number of carbonyl (C=O) groups excluding carboxylic acids is 1. The van der Waals surface area contributed by atoms with Gasteiger partial charge in [-0.15, -0.1) is 11.3 Å². The fourth-order valence-corrected chi connectivity index (χ4v) is 3.11. The number of nitrogen functional groups attached to an aromatic ring is 1. The zero-order chi connectivity index (χ0) is 14.8. The minimum absolute atomic E-state index is 0.157. The van der Waals surface area contributed by atoms with Crippen LogP contribution in [0.4, 0.5) is 10.9 Å². The lowest BCUT2D eigenvalue weighted by molar-refractivity contribution is 0.0741. The minimum Gasteiger partial charge on any atom is -0.382 e. The smallest absolute Gasteiger partial charge is 0.276 e. The summed E-state index contributed by atoms with van der Waals surface area (Å²) in [4.78, 5) is 28.8. The summed E-state index contributed by atoms with van der Waals surface area (Å²) >= 11 is 1.63. The van der Waals surface area contributed by atoms with Crippen LogP contribution in [0.15, 0.2) is 17.8 Å². The molecule has 110 valence electrons. The number of aryl methyl sites for hydroxylation is 1. The molecular formula is C13H16N6OS. The van der Waals surface area contributed by atoms with Crippen molar-refractivity contribution in [2.24, 2.45) is 0 Å². The van der Waals surface area contributed by atoms with Crippen LogP contribution in [0.3, 0.4) is 0 Å². The van der Waals surface area contributed by atoms with E-state index in [1.807, 2.05) is 12.3 Å².